The molecule has 1 aliphatic rings. The molecule has 1 heterocycles. The van der Waals surface area contributed by atoms with E-state index in [1.54, 1.807) is 6.26 Å². The molecule has 2 nitrogen and oxygen atoms in total. The van der Waals surface area contributed by atoms with Crippen molar-refractivity contribution < 1.29 is 9.21 Å². The van der Waals surface area contributed by atoms with Crippen molar-refractivity contribution in [2.45, 2.75) is 38.5 Å². The van der Waals surface area contributed by atoms with Gasteiger partial charge in [0.05, 0.1) is 6.26 Å². The Morgan fingerprint density at radius 2 is 2.43 bits per heavy atom. The number of hydrogen-bond donors (Lipinski definition) is 0. The first-order valence-electron chi connectivity index (χ1n) is 5.41. The summed E-state index contributed by atoms with van der Waals surface area (Å²) in [5.74, 6) is 1.87. The third-order valence-electron chi connectivity index (χ3n) is 2.99. The van der Waals surface area contributed by atoms with Crippen molar-refractivity contribution in [2.75, 3.05) is 0 Å². The number of hydrogen-bond acceptors (Lipinski definition) is 2. The van der Waals surface area contributed by atoms with E-state index in [1.807, 2.05) is 12.1 Å². The molecule has 0 amide bonds. The zero-order valence-electron chi connectivity index (χ0n) is 8.37. The molecule has 0 N–H and O–H groups in total. The standard InChI is InChI=1S/C12H16O2/c13-12-8-2-5-10(12)4-1-6-11-7-3-9-14-11/h3,7,9-10H,1-2,4-6,8H2. The lowest BCUT2D eigenvalue weighted by Gasteiger charge is -2.05. The maximum atomic E-state index is 11.3. The third-order valence-corrected chi connectivity index (χ3v) is 2.99. The Hall–Kier alpha value is -1.05. The van der Waals surface area contributed by atoms with Crippen molar-refractivity contribution in [1.29, 1.82) is 0 Å². The maximum Gasteiger partial charge on any atom is 0.135 e. The van der Waals surface area contributed by atoms with Crippen LogP contribution in [0.2, 0.25) is 0 Å². The fourth-order valence-corrected chi connectivity index (χ4v) is 2.17. The molecule has 0 saturated heterocycles. The molecule has 1 aromatic rings. The summed E-state index contributed by atoms with van der Waals surface area (Å²) in [5, 5.41) is 0. The monoisotopic (exact) mass is 192 g/mol. The van der Waals surface area contributed by atoms with Crippen LogP contribution in [-0.2, 0) is 11.2 Å². The molecule has 1 atom stereocenters. The lowest BCUT2D eigenvalue weighted by atomic mass is 9.99. The Bertz CT molecular complexity index is 287. The fraction of sp³-hybridized carbons (Fsp3) is 0.583. The van der Waals surface area contributed by atoms with Crippen LogP contribution in [0.15, 0.2) is 22.8 Å². The third kappa shape index (κ3) is 2.25. The van der Waals surface area contributed by atoms with Gasteiger partial charge in [-0.15, -0.1) is 0 Å². The van der Waals surface area contributed by atoms with Gasteiger partial charge in [-0.25, -0.2) is 0 Å². The molecule has 1 unspecified atom stereocenters. The second-order valence-electron chi connectivity index (χ2n) is 4.03. The molecule has 1 saturated carbocycles. The van der Waals surface area contributed by atoms with Gasteiger partial charge in [0.2, 0.25) is 0 Å². The van der Waals surface area contributed by atoms with Gasteiger partial charge in [-0.1, -0.05) is 0 Å². The van der Waals surface area contributed by atoms with E-state index in [9.17, 15) is 4.79 Å². The van der Waals surface area contributed by atoms with E-state index in [0.717, 1.165) is 44.3 Å². The van der Waals surface area contributed by atoms with E-state index < -0.39 is 0 Å². The molecule has 0 spiro atoms. The summed E-state index contributed by atoms with van der Waals surface area (Å²) in [6, 6.07) is 3.91. The largest absolute Gasteiger partial charge is 0.469 e. The zero-order valence-corrected chi connectivity index (χ0v) is 8.37. The first kappa shape index (κ1) is 9.50. The topological polar surface area (TPSA) is 30.2 Å². The lowest BCUT2D eigenvalue weighted by Crippen LogP contribution is -2.06. The number of carbonyl (C=O) groups is 1. The molecule has 1 aromatic heterocycles. The minimum atomic E-state index is 0.352. The number of furan rings is 1. The van der Waals surface area contributed by atoms with Gasteiger partial charge in [0, 0.05) is 18.8 Å². The molecule has 0 radical (unpaired) electrons. The maximum absolute atomic E-state index is 11.3. The van der Waals surface area contributed by atoms with E-state index in [2.05, 4.69) is 0 Å². The summed E-state index contributed by atoms with van der Waals surface area (Å²) >= 11 is 0. The molecule has 1 aliphatic carbocycles. The van der Waals surface area contributed by atoms with Crippen LogP contribution in [0.5, 0.6) is 0 Å². The second kappa shape index (κ2) is 4.45. The zero-order chi connectivity index (χ0) is 9.80. The first-order chi connectivity index (χ1) is 6.86. The van der Waals surface area contributed by atoms with Crippen LogP contribution in [0.4, 0.5) is 0 Å². The smallest absolute Gasteiger partial charge is 0.135 e. The van der Waals surface area contributed by atoms with Crippen LogP contribution in [0.1, 0.15) is 37.9 Å². The van der Waals surface area contributed by atoms with Crippen molar-refractivity contribution in [3.63, 3.8) is 0 Å². The van der Waals surface area contributed by atoms with Crippen molar-refractivity contribution in [1.82, 2.24) is 0 Å². The molecule has 2 heteroatoms. The lowest BCUT2D eigenvalue weighted by molar-refractivity contribution is -0.120. The van der Waals surface area contributed by atoms with E-state index in [4.69, 9.17) is 4.42 Å². The Morgan fingerprint density at radius 1 is 1.50 bits per heavy atom. The fourth-order valence-electron chi connectivity index (χ4n) is 2.17. The van der Waals surface area contributed by atoms with Crippen LogP contribution in [0, 0.1) is 5.92 Å². The molecular formula is C12H16O2. The van der Waals surface area contributed by atoms with E-state index >= 15 is 0 Å². The SMILES string of the molecule is O=C1CCCC1CCCc1ccco1. The molecule has 2 rings (SSSR count). The van der Waals surface area contributed by atoms with Gasteiger partial charge in [-0.3, -0.25) is 4.79 Å². The predicted molar refractivity (Wildman–Crippen MR) is 54.0 cm³/mol. The highest BCUT2D eigenvalue weighted by Gasteiger charge is 2.23. The number of Topliss-reactive ketones (excluding diaryl/α,β-unsaturated/α-hetero) is 1. The van der Waals surface area contributed by atoms with E-state index in [-0.39, 0.29) is 0 Å². The van der Waals surface area contributed by atoms with Gasteiger partial charge < -0.3 is 4.42 Å². The molecule has 0 aromatic carbocycles. The second-order valence-corrected chi connectivity index (χ2v) is 4.03. The molecule has 0 bridgehead atoms. The molecule has 76 valence electrons. The first-order valence-corrected chi connectivity index (χ1v) is 5.41. The molecule has 0 aliphatic heterocycles. The Kier molecular flexibility index (Phi) is 3.02. The van der Waals surface area contributed by atoms with Crippen LogP contribution in [-0.4, -0.2) is 5.78 Å². The Labute approximate surface area is 84.3 Å². The van der Waals surface area contributed by atoms with Crippen molar-refractivity contribution in [3.8, 4) is 0 Å². The van der Waals surface area contributed by atoms with Crippen LogP contribution >= 0.6 is 0 Å². The average molecular weight is 192 g/mol. The quantitative estimate of drug-likeness (QED) is 0.734. The normalized spacial score (nSPS) is 21.7. The predicted octanol–water partition coefficient (Wildman–Crippen LogP) is 2.97. The highest BCUT2D eigenvalue weighted by molar-refractivity contribution is 5.82. The van der Waals surface area contributed by atoms with Crippen molar-refractivity contribution >= 4 is 5.78 Å². The van der Waals surface area contributed by atoms with Gasteiger partial charge in [-0.05, 0) is 37.8 Å². The molecule has 14 heavy (non-hydrogen) atoms. The molecule has 1 fully saturated rings. The van der Waals surface area contributed by atoms with E-state index in [1.165, 1.54) is 0 Å². The summed E-state index contributed by atoms with van der Waals surface area (Å²) in [6.07, 6.45) is 7.81. The van der Waals surface area contributed by atoms with Gasteiger partial charge in [0.25, 0.3) is 0 Å². The van der Waals surface area contributed by atoms with Crippen LogP contribution in [0.3, 0.4) is 0 Å². The minimum Gasteiger partial charge on any atom is -0.469 e. The summed E-state index contributed by atoms with van der Waals surface area (Å²) in [6.45, 7) is 0. The van der Waals surface area contributed by atoms with Gasteiger partial charge in [-0.2, -0.15) is 0 Å². The summed E-state index contributed by atoms with van der Waals surface area (Å²) in [7, 11) is 0. The van der Waals surface area contributed by atoms with Crippen LogP contribution in [0.25, 0.3) is 0 Å². The van der Waals surface area contributed by atoms with Crippen molar-refractivity contribution in [3.05, 3.63) is 24.2 Å². The number of carbonyl (C=O) groups excluding carboxylic acids is 1. The highest BCUT2D eigenvalue weighted by atomic mass is 16.3. The van der Waals surface area contributed by atoms with E-state index in [0.29, 0.717) is 11.7 Å². The minimum absolute atomic E-state index is 0.352. The van der Waals surface area contributed by atoms with Crippen molar-refractivity contribution in [2.24, 2.45) is 5.92 Å². The highest BCUT2D eigenvalue weighted by Crippen LogP contribution is 2.25. The summed E-state index contributed by atoms with van der Waals surface area (Å²) in [5.41, 5.74) is 0. The number of ketones is 1. The summed E-state index contributed by atoms with van der Waals surface area (Å²) in [4.78, 5) is 11.3. The average Bonchev–Trinajstić information content (AvgIpc) is 2.78. The van der Waals surface area contributed by atoms with Crippen LogP contribution < -0.4 is 0 Å². The molecular weight excluding hydrogens is 176 g/mol. The van der Waals surface area contributed by atoms with Gasteiger partial charge >= 0.3 is 0 Å². The Morgan fingerprint density at radius 3 is 3.07 bits per heavy atom. The number of aryl methyl sites for hydroxylation is 1. The number of rotatable bonds is 4. The summed E-state index contributed by atoms with van der Waals surface area (Å²) < 4.78 is 5.24. The van der Waals surface area contributed by atoms with Gasteiger partial charge in [0.15, 0.2) is 0 Å². The van der Waals surface area contributed by atoms with Gasteiger partial charge in [0.1, 0.15) is 11.5 Å². The Balaban J connectivity index is 1.70.